The van der Waals surface area contributed by atoms with Crippen molar-refractivity contribution in [2.24, 2.45) is 0 Å². The third-order valence-corrected chi connectivity index (χ3v) is 13.9. The van der Waals surface area contributed by atoms with Crippen LogP contribution >= 0.6 is 11.3 Å². The summed E-state index contributed by atoms with van der Waals surface area (Å²) in [5.74, 6) is 0.659. The Morgan fingerprint density at radius 2 is 1.35 bits per heavy atom. The van der Waals surface area contributed by atoms with Gasteiger partial charge < -0.3 is 4.90 Å². The van der Waals surface area contributed by atoms with E-state index in [1.54, 1.807) is 16.2 Å². The molecule has 57 heavy (non-hydrogen) atoms. The summed E-state index contributed by atoms with van der Waals surface area (Å²) in [6.45, 7) is 29.0. The minimum Gasteiger partial charge on any atom is -0.311 e. The Morgan fingerprint density at radius 3 is 2.04 bits per heavy atom. The van der Waals surface area contributed by atoms with Gasteiger partial charge in [0, 0.05) is 43.3 Å². The standard InChI is InChI=1S/C52H60BN3S/c1-31-26-42-44-47(54-31)56(36-20-21-38-39(30-36)52(13,14)25-24-51(38,11)12)45-37-28-33(49(5,6)7)19-23-43(37)57-46(45)53(44)40-22-18-34(50(8,9)10)29-41(40)55(42)35-17-15-16-32(27-35)48(2,3)4/h15-23,26-30H,24-25H2,1-14H3/i15D,16D,17D,18D,22D,27D,29D. The van der Waals surface area contributed by atoms with E-state index in [4.69, 9.17) is 6.35 Å². The molecular weight excluding hydrogens is 709 g/mol. The van der Waals surface area contributed by atoms with Crippen LogP contribution in [0.3, 0.4) is 0 Å². The van der Waals surface area contributed by atoms with Gasteiger partial charge in [-0.2, -0.15) is 0 Å². The fraction of sp³-hybridized carbons (Fsp3) is 0.404. The highest BCUT2D eigenvalue weighted by atomic mass is 32.1. The van der Waals surface area contributed by atoms with Crippen LogP contribution in [0, 0.1) is 6.92 Å². The number of thiophene rings is 1. The molecule has 4 heterocycles. The van der Waals surface area contributed by atoms with E-state index in [0.717, 1.165) is 44.5 Å². The highest BCUT2D eigenvalue weighted by Gasteiger charge is 2.47. The molecule has 2 aromatic heterocycles. The molecule has 1 aliphatic carbocycles. The number of hydrogen-bond acceptors (Lipinski definition) is 4. The lowest BCUT2D eigenvalue weighted by molar-refractivity contribution is 0.332. The lowest BCUT2D eigenvalue weighted by Crippen LogP contribution is -2.61. The largest absolute Gasteiger partial charge is 0.311 e. The minimum absolute atomic E-state index is 0.000690. The second-order valence-corrected chi connectivity index (χ2v) is 22.2. The monoisotopic (exact) mass is 777 g/mol. The average Bonchev–Trinajstić information content (AvgIpc) is 3.55. The van der Waals surface area contributed by atoms with Crippen molar-refractivity contribution >= 4 is 78.1 Å². The second-order valence-electron chi connectivity index (χ2n) is 21.1. The molecule has 0 unspecified atom stereocenters. The Morgan fingerprint density at radius 1 is 0.684 bits per heavy atom. The van der Waals surface area contributed by atoms with Gasteiger partial charge in [0.2, 0.25) is 0 Å². The van der Waals surface area contributed by atoms with Crippen molar-refractivity contribution in [1.82, 2.24) is 4.98 Å². The molecule has 0 radical (unpaired) electrons. The maximum atomic E-state index is 10.2. The molecule has 5 heteroatoms. The summed E-state index contributed by atoms with van der Waals surface area (Å²) in [7, 11) is 0. The van der Waals surface area contributed by atoms with E-state index in [2.05, 4.69) is 89.8 Å². The minimum atomic E-state index is -0.726. The van der Waals surface area contributed by atoms with Gasteiger partial charge in [0.15, 0.2) is 0 Å². The number of aromatic nitrogens is 1. The lowest BCUT2D eigenvalue weighted by Gasteiger charge is -2.44. The van der Waals surface area contributed by atoms with Crippen LogP contribution in [0.1, 0.15) is 146 Å². The molecular formula is C52H60BN3S. The lowest BCUT2D eigenvalue weighted by atomic mass is 9.36. The predicted molar refractivity (Wildman–Crippen MR) is 250 cm³/mol. The molecule has 0 bridgehead atoms. The average molecular weight is 777 g/mol. The number of pyridine rings is 1. The summed E-state index contributed by atoms with van der Waals surface area (Å²) in [6, 6.07) is 14.8. The van der Waals surface area contributed by atoms with E-state index < -0.39 is 17.5 Å². The van der Waals surface area contributed by atoms with Gasteiger partial charge in [0.05, 0.1) is 15.3 Å². The SMILES string of the molecule is [2H]c1c([2H])c(N2c3cc(C)nc4c3B(c3sc5ccc(C(C)(C)C)cc5c3N4c3ccc4c(c3)C(C)(C)CCC4(C)C)c3c([2H])c([2H])c(C(C)(C)C)c([2H])c32)c([2H])c(C(C)(C)C)c1[2H]. The maximum Gasteiger partial charge on any atom is 0.266 e. The van der Waals surface area contributed by atoms with Crippen molar-refractivity contribution < 1.29 is 9.60 Å². The summed E-state index contributed by atoms with van der Waals surface area (Å²) in [6.07, 6.45) is 2.14. The summed E-state index contributed by atoms with van der Waals surface area (Å²) >= 11 is 1.67. The molecule has 3 nitrogen and oxygen atoms in total. The number of nitrogens with zero attached hydrogens (tertiary/aromatic N) is 3. The molecule has 0 saturated heterocycles. The van der Waals surface area contributed by atoms with Crippen LogP contribution in [0.15, 0.2) is 84.8 Å². The van der Waals surface area contributed by atoms with E-state index in [1.807, 2.05) is 54.5 Å². The van der Waals surface area contributed by atoms with Gasteiger partial charge in [-0.05, 0) is 134 Å². The third-order valence-electron chi connectivity index (χ3n) is 12.7. The highest BCUT2D eigenvalue weighted by molar-refractivity contribution is 7.33. The number of hydrogen-bond donors (Lipinski definition) is 0. The summed E-state index contributed by atoms with van der Waals surface area (Å²) < 4.78 is 69.8. The fourth-order valence-electron chi connectivity index (χ4n) is 9.10. The smallest absolute Gasteiger partial charge is 0.266 e. The Bertz CT molecular complexity index is 3020. The number of anilines is 6. The molecule has 0 fully saturated rings. The molecule has 292 valence electrons. The first-order chi connectivity index (χ1) is 29.5. The van der Waals surface area contributed by atoms with Gasteiger partial charge in [-0.15, -0.1) is 11.3 Å². The normalized spacial score (nSPS) is 18.7. The first-order valence-corrected chi connectivity index (χ1v) is 21.4. The van der Waals surface area contributed by atoms with Gasteiger partial charge >= 0.3 is 0 Å². The van der Waals surface area contributed by atoms with E-state index in [1.165, 1.54) is 16.7 Å². The van der Waals surface area contributed by atoms with Crippen LogP contribution in [0.2, 0.25) is 0 Å². The second kappa shape index (κ2) is 12.3. The Kier molecular flexibility index (Phi) is 6.64. The number of aryl methyl sites for hydroxylation is 1. The number of fused-ring (bicyclic) bond motifs is 7. The van der Waals surface area contributed by atoms with E-state index in [9.17, 15) is 8.22 Å². The topological polar surface area (TPSA) is 19.4 Å². The Balaban J connectivity index is 1.49. The Hall–Kier alpha value is -4.35. The van der Waals surface area contributed by atoms with Gasteiger partial charge in [0.25, 0.3) is 6.71 Å². The van der Waals surface area contributed by atoms with Gasteiger partial charge in [-0.1, -0.05) is 126 Å². The molecule has 0 atom stereocenters. The molecule has 4 aromatic carbocycles. The first-order valence-electron chi connectivity index (χ1n) is 24.1. The molecule has 2 aliphatic heterocycles. The molecule has 0 amide bonds. The van der Waals surface area contributed by atoms with Gasteiger partial charge in [0.1, 0.15) is 5.82 Å². The third kappa shape index (κ3) is 6.00. The number of benzene rings is 4. The number of rotatable bonds is 2. The van der Waals surface area contributed by atoms with Gasteiger partial charge in [-0.25, -0.2) is 4.98 Å². The van der Waals surface area contributed by atoms with Crippen molar-refractivity contribution in [2.75, 3.05) is 9.80 Å². The van der Waals surface area contributed by atoms with Crippen LogP contribution in [-0.2, 0) is 27.1 Å². The predicted octanol–water partition coefficient (Wildman–Crippen LogP) is 12.9. The van der Waals surface area contributed by atoms with Crippen molar-refractivity contribution in [3.05, 3.63) is 118 Å². The van der Waals surface area contributed by atoms with Gasteiger partial charge in [-0.3, -0.25) is 4.90 Å². The van der Waals surface area contributed by atoms with Crippen LogP contribution in [0.4, 0.5) is 34.3 Å². The van der Waals surface area contributed by atoms with E-state index in [0.29, 0.717) is 39.5 Å². The van der Waals surface area contributed by atoms with Crippen molar-refractivity contribution in [3.63, 3.8) is 0 Å². The molecule has 3 aliphatic rings. The van der Waals surface area contributed by atoms with Crippen molar-refractivity contribution in [2.45, 2.75) is 137 Å². The fourth-order valence-corrected chi connectivity index (χ4v) is 10.4. The molecule has 0 N–H and O–H groups in total. The zero-order valence-corrected chi connectivity index (χ0v) is 37.1. The van der Waals surface area contributed by atoms with Crippen LogP contribution in [0.5, 0.6) is 0 Å². The van der Waals surface area contributed by atoms with Crippen molar-refractivity contribution in [1.29, 1.82) is 0 Å². The van der Waals surface area contributed by atoms with Crippen LogP contribution < -0.4 is 25.5 Å². The molecule has 0 spiro atoms. The summed E-state index contributed by atoms with van der Waals surface area (Å²) in [5, 5.41) is 1.07. The highest BCUT2D eigenvalue weighted by Crippen LogP contribution is 2.51. The summed E-state index contributed by atoms with van der Waals surface area (Å²) in [4.78, 5) is 9.53. The van der Waals surface area contributed by atoms with Crippen LogP contribution in [0.25, 0.3) is 10.1 Å². The van der Waals surface area contributed by atoms with Crippen molar-refractivity contribution in [3.8, 4) is 0 Å². The zero-order chi connectivity index (χ0) is 46.9. The summed E-state index contributed by atoms with van der Waals surface area (Å²) in [5.41, 5.74) is 7.81. The maximum absolute atomic E-state index is 10.2. The van der Waals surface area contributed by atoms with Crippen LogP contribution in [-0.4, -0.2) is 11.7 Å². The first kappa shape index (κ1) is 30.7. The quantitative estimate of drug-likeness (QED) is 0.163. The molecule has 0 saturated carbocycles. The Labute approximate surface area is 356 Å². The molecule has 6 aromatic rings. The van der Waals surface area contributed by atoms with E-state index >= 15 is 0 Å². The molecule has 9 rings (SSSR count). The zero-order valence-electron chi connectivity index (χ0n) is 43.3. The van der Waals surface area contributed by atoms with E-state index in [-0.39, 0.29) is 64.2 Å².